The van der Waals surface area contributed by atoms with Gasteiger partial charge in [0.2, 0.25) is 30.0 Å². The summed E-state index contributed by atoms with van der Waals surface area (Å²) >= 11 is 8.75. The fraction of sp³-hybridized carbons (Fsp3) is 0.342. The molecule has 22 nitrogen and oxygen atoms in total. The van der Waals surface area contributed by atoms with Crippen LogP contribution in [0.15, 0.2) is 134 Å². The van der Waals surface area contributed by atoms with Gasteiger partial charge < -0.3 is 49.0 Å². The highest BCUT2D eigenvalue weighted by atomic mass is 35.5. The number of carbonyl (C=O) groups is 6. The van der Waals surface area contributed by atoms with Crippen LogP contribution in [-0.2, 0) is 59.6 Å². The smallest absolute Gasteiger partial charge is 0.253 e. The van der Waals surface area contributed by atoms with Crippen molar-refractivity contribution < 1.29 is 61.3 Å². The summed E-state index contributed by atoms with van der Waals surface area (Å²) in [5.74, 6) is -0.129. The lowest BCUT2D eigenvalue weighted by atomic mass is 9.96. The van der Waals surface area contributed by atoms with Crippen LogP contribution < -0.4 is 34.9 Å². The number of amides is 6. The number of hydrogen-bond donors (Lipinski definition) is 3. The van der Waals surface area contributed by atoms with Crippen LogP contribution in [0.3, 0.4) is 0 Å². The molecule has 3 aromatic heterocycles. The summed E-state index contributed by atoms with van der Waals surface area (Å²) in [5, 5.41) is 9.36. The number of likely N-dealkylation sites (N-methyl/N-ethyl adjacent to an activating group) is 1. The van der Waals surface area contributed by atoms with E-state index < -0.39 is 35.6 Å². The number of methoxy groups -OCH3 is 1. The summed E-state index contributed by atoms with van der Waals surface area (Å²) in [6, 6.07) is 32.2. The van der Waals surface area contributed by atoms with Crippen LogP contribution in [0.2, 0.25) is 5.02 Å². The van der Waals surface area contributed by atoms with Crippen molar-refractivity contribution in [3.63, 3.8) is 0 Å². The summed E-state index contributed by atoms with van der Waals surface area (Å²) in [6.45, 7) is 12.8. The molecule has 3 N–H and O–H groups in total. The van der Waals surface area contributed by atoms with E-state index in [9.17, 15) is 33.2 Å². The van der Waals surface area contributed by atoms with Gasteiger partial charge in [-0.15, -0.1) is 11.3 Å². The maximum absolute atomic E-state index is 14.5. The summed E-state index contributed by atoms with van der Waals surface area (Å²) in [7, 11) is 5.53. The minimum atomic E-state index is -0.926. The van der Waals surface area contributed by atoms with Crippen molar-refractivity contribution >= 4 is 74.8 Å². The fourth-order valence-electron chi connectivity index (χ4n) is 11.8. The molecule has 8 aromatic rings. The monoisotopic (exact) mass is 1370 g/mol. The lowest BCUT2D eigenvalue weighted by molar-refractivity contribution is -0.926. The number of rotatable bonds is 32. The number of para-hydroxylation sites is 2. The first-order chi connectivity index (χ1) is 47.3. The Hall–Kier alpha value is -9.72. The average molecular weight is 1370 g/mol. The molecule has 98 heavy (non-hydrogen) atoms. The third-order valence-corrected chi connectivity index (χ3v) is 18.8. The number of piperazine rings is 1. The Morgan fingerprint density at radius 3 is 2.31 bits per heavy atom. The van der Waals surface area contributed by atoms with Crippen molar-refractivity contribution in [2.75, 3.05) is 92.2 Å². The van der Waals surface area contributed by atoms with Crippen molar-refractivity contribution in [3.8, 4) is 56.1 Å². The lowest BCUT2D eigenvalue weighted by Gasteiger charge is -2.42. The van der Waals surface area contributed by atoms with Crippen molar-refractivity contribution in [1.29, 1.82) is 0 Å². The number of nitrogens with one attached hydrogen (secondary N) is 3. The van der Waals surface area contributed by atoms with Gasteiger partial charge >= 0.3 is 0 Å². The predicted molar refractivity (Wildman–Crippen MR) is 372 cm³/mol. The number of ether oxygens (including phenoxy) is 5. The number of imide groups is 1. The van der Waals surface area contributed by atoms with E-state index in [1.54, 1.807) is 46.3 Å². The summed E-state index contributed by atoms with van der Waals surface area (Å²) in [4.78, 5) is 99.9. The number of fused-ring (bicyclic) bond motifs is 1. The van der Waals surface area contributed by atoms with Gasteiger partial charge in [-0.1, -0.05) is 80.0 Å². The summed E-state index contributed by atoms with van der Waals surface area (Å²) in [6.07, 6.45) is 6.37. The van der Waals surface area contributed by atoms with Gasteiger partial charge in [-0.2, -0.15) is 0 Å². The Kier molecular flexibility index (Phi) is 23.9. The molecule has 0 spiro atoms. The molecule has 6 amide bonds. The molecule has 0 aliphatic carbocycles. The number of aromatic nitrogens is 4. The Morgan fingerprint density at radius 1 is 0.816 bits per heavy atom. The van der Waals surface area contributed by atoms with Crippen LogP contribution in [0, 0.1) is 18.7 Å². The van der Waals surface area contributed by atoms with Gasteiger partial charge in [0.25, 0.3) is 11.8 Å². The number of benzene rings is 5. The minimum Gasteiger partial charge on any atom is -0.496 e. The second kappa shape index (κ2) is 33.0. The van der Waals surface area contributed by atoms with E-state index in [0.717, 1.165) is 91.4 Å². The van der Waals surface area contributed by atoms with E-state index in [1.807, 2.05) is 98.8 Å². The van der Waals surface area contributed by atoms with Crippen molar-refractivity contribution in [2.45, 2.75) is 72.4 Å². The zero-order valence-electron chi connectivity index (χ0n) is 55.9. The molecule has 1 fully saturated rings. The number of anilines is 1. The standard InChI is InChI=1S/C73H79ClFN11O11S/c1-46(2)68(82-61(88)27-35-94-36-32-85-63(90)24-25-64(85)91)71(92)77-40-62(89)80-54-21-18-51(52(39-54)41-83(5)45-87)42-86(6)33-29-84(30-34-86)31-37-95-60-23-22-56(48(4)67(60)74)65-66-72(78-44-79-73(66)98-69(65)49-16-19-53(75)20-17-49)97-47(3)38-50-12-8-10-14-58(50)96-43-55-26-28-76-70(81-55)57-13-9-11-15-59(57)93-7/h8-26,28,39,44-47,68H,27,29-38,40-43H2,1-7H3,(H2-,77,80,82,88,89,92)/p+1. The normalized spacial score (nSPS) is 14.3. The first kappa shape index (κ1) is 71.1. The topological polar surface area (TPSA) is 246 Å². The van der Waals surface area contributed by atoms with Gasteiger partial charge in [0.15, 0.2) is 5.82 Å². The average Bonchev–Trinajstić information content (AvgIpc) is 1.55. The molecule has 5 heterocycles. The highest BCUT2D eigenvalue weighted by Gasteiger charge is 2.32. The number of quaternary nitrogens is 1. The highest BCUT2D eigenvalue weighted by molar-refractivity contribution is 7.22. The molecule has 10 rings (SSSR count). The number of hydrogen-bond acceptors (Lipinski definition) is 17. The first-order valence-electron chi connectivity index (χ1n) is 32.4. The Bertz CT molecular complexity index is 4210. The summed E-state index contributed by atoms with van der Waals surface area (Å²) in [5.41, 5.74) is 7.98. The Labute approximate surface area is 577 Å². The second-order valence-electron chi connectivity index (χ2n) is 24.8. The van der Waals surface area contributed by atoms with E-state index >= 15 is 0 Å². The molecule has 0 saturated carbocycles. The maximum atomic E-state index is 14.5. The minimum absolute atomic E-state index is 0.00889. The molecule has 0 bridgehead atoms. The summed E-state index contributed by atoms with van der Waals surface area (Å²) < 4.78 is 45.9. The number of thiophene rings is 1. The van der Waals surface area contributed by atoms with Crippen LogP contribution in [0.25, 0.3) is 43.2 Å². The van der Waals surface area contributed by atoms with Crippen LogP contribution in [0.5, 0.6) is 23.1 Å². The predicted octanol–water partition coefficient (Wildman–Crippen LogP) is 9.64. The Morgan fingerprint density at radius 2 is 1.56 bits per heavy atom. The van der Waals surface area contributed by atoms with Crippen LogP contribution in [0.1, 0.15) is 55.1 Å². The molecular formula is C73H80ClFN11O11S+. The molecular weight excluding hydrogens is 1290 g/mol. The Balaban J connectivity index is 0.737. The van der Waals surface area contributed by atoms with Gasteiger partial charge in [0.05, 0.1) is 75.2 Å². The first-order valence-corrected chi connectivity index (χ1v) is 33.6. The van der Waals surface area contributed by atoms with Gasteiger partial charge in [0, 0.05) is 86.1 Å². The molecule has 2 aliphatic rings. The molecule has 2 aliphatic heterocycles. The molecule has 2 unspecified atom stereocenters. The molecule has 1 saturated heterocycles. The van der Waals surface area contributed by atoms with Crippen LogP contribution in [-0.4, -0.2) is 174 Å². The van der Waals surface area contributed by atoms with E-state index in [-0.39, 0.29) is 57.2 Å². The highest BCUT2D eigenvalue weighted by Crippen LogP contribution is 2.50. The van der Waals surface area contributed by atoms with Crippen molar-refractivity contribution in [2.24, 2.45) is 5.92 Å². The largest absolute Gasteiger partial charge is 0.496 e. The number of nitrogens with zero attached hydrogens (tertiary/aromatic N) is 8. The number of carbonyl (C=O) groups excluding carboxylic acids is 6. The van der Waals surface area contributed by atoms with Gasteiger partial charge in [-0.05, 0) is 102 Å². The van der Waals surface area contributed by atoms with Gasteiger partial charge in [0.1, 0.15) is 66.1 Å². The molecule has 25 heteroatoms. The molecule has 512 valence electrons. The van der Waals surface area contributed by atoms with Crippen molar-refractivity contribution in [1.82, 2.24) is 45.3 Å². The van der Waals surface area contributed by atoms with Crippen LogP contribution >= 0.6 is 22.9 Å². The van der Waals surface area contributed by atoms with Gasteiger partial charge in [-0.3, -0.25) is 38.6 Å². The third kappa shape index (κ3) is 18.1. The zero-order chi connectivity index (χ0) is 69.5. The third-order valence-electron chi connectivity index (χ3n) is 17.2. The second-order valence-corrected chi connectivity index (χ2v) is 26.2. The molecule has 2 atom stereocenters. The zero-order valence-corrected chi connectivity index (χ0v) is 57.4. The van der Waals surface area contributed by atoms with Crippen molar-refractivity contribution in [3.05, 3.63) is 173 Å². The van der Waals surface area contributed by atoms with E-state index in [4.69, 9.17) is 50.2 Å². The lowest BCUT2D eigenvalue weighted by Crippen LogP contribution is -2.57. The number of halogens is 2. The van der Waals surface area contributed by atoms with Gasteiger partial charge in [-0.25, -0.2) is 24.3 Å². The molecule has 0 radical (unpaired) electrons. The quantitative estimate of drug-likeness (QED) is 0.0154. The molecule has 5 aromatic carbocycles. The van der Waals surface area contributed by atoms with E-state index in [2.05, 4.69) is 32.9 Å². The maximum Gasteiger partial charge on any atom is 0.253 e. The van der Waals surface area contributed by atoms with E-state index in [0.29, 0.717) is 88.2 Å². The van der Waals surface area contributed by atoms with Crippen LogP contribution in [0.4, 0.5) is 10.1 Å². The SMILES string of the molecule is COc1ccccc1-c1nccc(COc2ccccc2CC(C)Oc2ncnc3sc(-c4ccc(F)cc4)c(-c4ccc(OCCN5CC[N+](C)(Cc6ccc(NC(=O)CNC(=O)C(NC(=O)CCOCCN7C(=O)C=CC7=O)C(C)C)cc6CN(C)C=O)CC5)c(Cl)c4C)c23)n1. The fourth-order valence-corrected chi connectivity index (χ4v) is 13.1. The van der Waals surface area contributed by atoms with E-state index in [1.165, 1.54) is 46.8 Å².